The second kappa shape index (κ2) is 9.41. The fourth-order valence-electron chi connectivity index (χ4n) is 4.71. The maximum Gasteiger partial charge on any atom is 0.130 e. The van der Waals surface area contributed by atoms with Crippen molar-refractivity contribution in [2.75, 3.05) is 19.0 Å². The van der Waals surface area contributed by atoms with Gasteiger partial charge in [-0.1, -0.05) is 30.3 Å². The molecule has 0 spiro atoms. The standard InChI is InChI=1S/C28H32N6O/c1-18-13-23(34(5)32-18)17-35-24-11-8-10-21(14-24)19(2)29-28-16-25(30-20(3)31-28)27-15-22-9-6-7-12-26(22)33(27)4/h6-12,14-16,19,23H,13,17H2,1-5H3,(H,29,30,31). The molecule has 5 rings (SSSR count). The molecule has 0 bridgehead atoms. The number of benzene rings is 2. The number of nitrogens with zero attached hydrogens (tertiary/aromatic N) is 5. The van der Waals surface area contributed by atoms with Gasteiger partial charge in [0.1, 0.15) is 24.0 Å². The molecule has 1 N–H and O–H groups in total. The zero-order chi connectivity index (χ0) is 24.5. The van der Waals surface area contributed by atoms with Gasteiger partial charge >= 0.3 is 0 Å². The number of hydrogen-bond acceptors (Lipinski definition) is 6. The first-order chi connectivity index (χ1) is 16.9. The predicted octanol–water partition coefficient (Wildman–Crippen LogP) is 5.58. The monoisotopic (exact) mass is 468 g/mol. The van der Waals surface area contributed by atoms with Crippen LogP contribution in [0, 0.1) is 6.92 Å². The topological polar surface area (TPSA) is 67.6 Å². The van der Waals surface area contributed by atoms with Gasteiger partial charge in [0.25, 0.3) is 0 Å². The van der Waals surface area contributed by atoms with E-state index in [2.05, 4.69) is 83.3 Å². The van der Waals surface area contributed by atoms with E-state index in [1.807, 2.05) is 37.2 Å². The summed E-state index contributed by atoms with van der Waals surface area (Å²) in [7, 11) is 4.08. The summed E-state index contributed by atoms with van der Waals surface area (Å²) < 4.78 is 8.30. The van der Waals surface area contributed by atoms with Gasteiger partial charge in [-0.15, -0.1) is 0 Å². The summed E-state index contributed by atoms with van der Waals surface area (Å²) >= 11 is 0. The molecule has 2 unspecified atom stereocenters. The Morgan fingerprint density at radius 3 is 2.63 bits per heavy atom. The normalized spacial score (nSPS) is 16.4. The number of hydrogen-bond donors (Lipinski definition) is 1. The Bertz CT molecular complexity index is 1390. The molecule has 2 atom stereocenters. The lowest BCUT2D eigenvalue weighted by molar-refractivity contribution is 0.184. The van der Waals surface area contributed by atoms with E-state index in [1.165, 1.54) is 10.9 Å². The summed E-state index contributed by atoms with van der Waals surface area (Å²) in [6, 6.07) is 21.2. The summed E-state index contributed by atoms with van der Waals surface area (Å²) in [6.07, 6.45) is 0.945. The van der Waals surface area contributed by atoms with Gasteiger partial charge in [-0.3, -0.25) is 5.01 Å². The minimum Gasteiger partial charge on any atom is -0.491 e. The molecule has 1 aliphatic rings. The van der Waals surface area contributed by atoms with Crippen molar-refractivity contribution in [3.8, 4) is 17.1 Å². The summed E-state index contributed by atoms with van der Waals surface area (Å²) in [4.78, 5) is 9.38. The van der Waals surface area contributed by atoms with Gasteiger partial charge < -0.3 is 14.6 Å². The van der Waals surface area contributed by atoms with Crippen LogP contribution >= 0.6 is 0 Å². The van der Waals surface area contributed by atoms with Gasteiger partial charge in [-0.05, 0) is 50.6 Å². The zero-order valence-electron chi connectivity index (χ0n) is 21.0. The number of aromatic nitrogens is 3. The minimum absolute atomic E-state index is 0.0490. The molecule has 1 aliphatic heterocycles. The summed E-state index contributed by atoms with van der Waals surface area (Å²) in [5, 5.41) is 11.2. The molecule has 4 aromatic rings. The van der Waals surface area contributed by atoms with E-state index >= 15 is 0 Å². The van der Waals surface area contributed by atoms with E-state index in [1.54, 1.807) is 0 Å². The van der Waals surface area contributed by atoms with Crippen LogP contribution in [-0.2, 0) is 7.05 Å². The van der Waals surface area contributed by atoms with Crippen LogP contribution in [0.1, 0.15) is 37.7 Å². The number of anilines is 1. The van der Waals surface area contributed by atoms with Crippen LogP contribution in [0.5, 0.6) is 5.75 Å². The number of aryl methyl sites for hydroxylation is 2. The number of rotatable bonds is 7. The fourth-order valence-corrected chi connectivity index (χ4v) is 4.71. The molecule has 0 saturated heterocycles. The van der Waals surface area contributed by atoms with Crippen molar-refractivity contribution in [2.45, 2.75) is 39.3 Å². The fraction of sp³-hybridized carbons (Fsp3) is 0.321. The summed E-state index contributed by atoms with van der Waals surface area (Å²) in [6.45, 7) is 6.74. The van der Waals surface area contributed by atoms with E-state index < -0.39 is 0 Å². The molecule has 35 heavy (non-hydrogen) atoms. The maximum absolute atomic E-state index is 6.12. The molecule has 7 heteroatoms. The van der Waals surface area contributed by atoms with Crippen LogP contribution in [0.3, 0.4) is 0 Å². The highest BCUT2D eigenvalue weighted by Crippen LogP contribution is 2.29. The highest BCUT2D eigenvalue weighted by Gasteiger charge is 2.22. The minimum atomic E-state index is 0.0490. The van der Waals surface area contributed by atoms with Crippen LogP contribution in [0.2, 0.25) is 0 Å². The Hall–Kier alpha value is -3.87. The third-order valence-electron chi connectivity index (χ3n) is 6.60. The van der Waals surface area contributed by atoms with Gasteiger partial charge in [0.2, 0.25) is 0 Å². The summed E-state index contributed by atoms with van der Waals surface area (Å²) in [5.74, 6) is 2.40. The predicted molar refractivity (Wildman–Crippen MR) is 142 cm³/mol. The van der Waals surface area contributed by atoms with Crippen molar-refractivity contribution in [2.24, 2.45) is 12.1 Å². The Morgan fingerprint density at radius 1 is 1.03 bits per heavy atom. The highest BCUT2D eigenvalue weighted by molar-refractivity contribution is 5.86. The molecular weight excluding hydrogens is 436 g/mol. The quantitative estimate of drug-likeness (QED) is 0.384. The molecule has 180 valence electrons. The number of para-hydroxylation sites is 1. The molecule has 0 aliphatic carbocycles. The number of likely N-dealkylation sites (N-methyl/N-ethyl adjacent to an activating group) is 1. The first-order valence-corrected chi connectivity index (χ1v) is 12.0. The molecule has 0 saturated carbocycles. The third kappa shape index (κ3) is 4.85. The van der Waals surface area contributed by atoms with E-state index in [-0.39, 0.29) is 12.1 Å². The lowest BCUT2D eigenvalue weighted by Gasteiger charge is -2.20. The second-order valence-corrected chi connectivity index (χ2v) is 9.35. The first-order valence-electron chi connectivity index (χ1n) is 12.0. The van der Waals surface area contributed by atoms with Crippen molar-refractivity contribution in [1.29, 1.82) is 0 Å². The van der Waals surface area contributed by atoms with Crippen molar-refractivity contribution < 1.29 is 4.74 Å². The Labute approximate surface area is 206 Å². The number of hydrazone groups is 1. The Kier molecular flexibility index (Phi) is 6.16. The van der Waals surface area contributed by atoms with Crippen LogP contribution in [0.15, 0.2) is 65.8 Å². The summed E-state index contributed by atoms with van der Waals surface area (Å²) in [5.41, 5.74) is 5.44. The lowest BCUT2D eigenvalue weighted by Crippen LogP contribution is -2.29. The smallest absolute Gasteiger partial charge is 0.130 e. The van der Waals surface area contributed by atoms with Crippen molar-refractivity contribution in [3.63, 3.8) is 0 Å². The maximum atomic E-state index is 6.12. The van der Waals surface area contributed by atoms with Crippen LogP contribution < -0.4 is 10.1 Å². The van der Waals surface area contributed by atoms with Gasteiger partial charge in [0.15, 0.2) is 0 Å². The molecule has 0 radical (unpaired) electrons. The van der Waals surface area contributed by atoms with Crippen LogP contribution in [0.25, 0.3) is 22.3 Å². The third-order valence-corrected chi connectivity index (χ3v) is 6.60. The van der Waals surface area contributed by atoms with Crippen LogP contribution in [0.4, 0.5) is 5.82 Å². The van der Waals surface area contributed by atoms with E-state index in [9.17, 15) is 0 Å². The molecule has 3 heterocycles. The Balaban J connectivity index is 1.32. The molecular formula is C28H32N6O. The average Bonchev–Trinajstić information content (AvgIpc) is 3.35. The van der Waals surface area contributed by atoms with Gasteiger partial charge in [0.05, 0.1) is 23.5 Å². The highest BCUT2D eigenvalue weighted by atomic mass is 16.5. The molecule has 2 aromatic carbocycles. The molecule has 0 amide bonds. The number of fused-ring (bicyclic) bond motifs is 1. The van der Waals surface area contributed by atoms with Crippen molar-refractivity contribution >= 4 is 22.4 Å². The zero-order valence-corrected chi connectivity index (χ0v) is 21.0. The van der Waals surface area contributed by atoms with Gasteiger partial charge in [0, 0.05) is 43.2 Å². The average molecular weight is 469 g/mol. The van der Waals surface area contributed by atoms with Crippen molar-refractivity contribution in [3.05, 3.63) is 72.1 Å². The first kappa shape index (κ1) is 22.9. The molecule has 7 nitrogen and oxygen atoms in total. The number of nitrogens with one attached hydrogen (secondary N) is 1. The molecule has 2 aromatic heterocycles. The second-order valence-electron chi connectivity index (χ2n) is 9.35. The SMILES string of the molecule is CC1=NN(C)C(COc2cccc(C(C)Nc3cc(-c4cc5ccccc5n4C)nc(C)n3)c2)C1. The Morgan fingerprint density at radius 2 is 1.86 bits per heavy atom. The van der Waals surface area contributed by atoms with E-state index in [0.717, 1.165) is 46.5 Å². The van der Waals surface area contributed by atoms with Gasteiger partial charge in [-0.25, -0.2) is 9.97 Å². The van der Waals surface area contributed by atoms with Crippen molar-refractivity contribution in [1.82, 2.24) is 19.5 Å². The lowest BCUT2D eigenvalue weighted by atomic mass is 10.1. The van der Waals surface area contributed by atoms with Crippen LogP contribution in [-0.4, -0.2) is 45.0 Å². The molecule has 0 fully saturated rings. The van der Waals surface area contributed by atoms with E-state index in [4.69, 9.17) is 9.72 Å². The van der Waals surface area contributed by atoms with E-state index in [0.29, 0.717) is 6.61 Å². The number of ether oxygens (including phenoxy) is 1. The largest absolute Gasteiger partial charge is 0.491 e. The van der Waals surface area contributed by atoms with Gasteiger partial charge in [-0.2, -0.15) is 5.10 Å².